The summed E-state index contributed by atoms with van der Waals surface area (Å²) in [6.07, 6.45) is 0.933. The Morgan fingerprint density at radius 3 is 1.65 bits per heavy atom. The van der Waals surface area contributed by atoms with Crippen LogP contribution in [0.2, 0.25) is 0 Å². The van der Waals surface area contributed by atoms with Crippen molar-refractivity contribution in [2.75, 3.05) is 0 Å². The minimum Gasteiger partial charge on any atom is -0.480 e. The lowest BCUT2D eigenvalue weighted by molar-refractivity contribution is -0.141. The molecule has 0 spiro atoms. The van der Waals surface area contributed by atoms with E-state index >= 15 is 0 Å². The molecule has 0 aliphatic rings. The van der Waals surface area contributed by atoms with E-state index in [-0.39, 0.29) is 18.3 Å². The van der Waals surface area contributed by atoms with E-state index in [1.807, 2.05) is 43.3 Å². The Balaban J connectivity index is 2.20. The smallest absolute Gasteiger partial charge is 0.325 e. The number of carboxylic acids is 1. The Hall–Kier alpha value is -4.25. The molecule has 0 aliphatic carbocycles. The first-order chi connectivity index (χ1) is 20.3. The van der Waals surface area contributed by atoms with E-state index in [9.17, 15) is 29.1 Å². The van der Waals surface area contributed by atoms with Gasteiger partial charge in [0.1, 0.15) is 24.2 Å². The van der Waals surface area contributed by atoms with Crippen molar-refractivity contribution >= 4 is 29.6 Å². The molecule has 11 nitrogen and oxygen atoms in total. The minimum atomic E-state index is -1.21. The maximum absolute atomic E-state index is 13.6. The normalized spacial score (nSPS) is 15.2. The lowest BCUT2D eigenvalue weighted by Crippen LogP contribution is -2.61. The molecule has 0 bridgehead atoms. The Bertz CT molecular complexity index is 1220. The highest BCUT2D eigenvalue weighted by atomic mass is 16.4. The van der Waals surface area contributed by atoms with Crippen LogP contribution in [0.25, 0.3) is 0 Å². The van der Waals surface area contributed by atoms with Crippen LogP contribution in [0.3, 0.4) is 0 Å². The summed E-state index contributed by atoms with van der Waals surface area (Å²) in [7, 11) is 0. The van der Waals surface area contributed by atoms with Crippen molar-refractivity contribution < 1.29 is 29.1 Å². The van der Waals surface area contributed by atoms with Gasteiger partial charge in [-0.1, -0.05) is 94.8 Å². The maximum Gasteiger partial charge on any atom is 0.325 e. The average Bonchev–Trinajstić information content (AvgIpc) is 2.98. The first kappa shape index (κ1) is 34.9. The number of benzene rings is 2. The Morgan fingerprint density at radius 1 is 0.674 bits per heavy atom. The highest BCUT2D eigenvalue weighted by molar-refractivity contribution is 5.95. The van der Waals surface area contributed by atoms with E-state index in [2.05, 4.69) is 21.3 Å². The van der Waals surface area contributed by atoms with Gasteiger partial charge in [0.05, 0.1) is 6.04 Å². The fourth-order valence-electron chi connectivity index (χ4n) is 4.40. The van der Waals surface area contributed by atoms with Crippen molar-refractivity contribution in [2.45, 2.75) is 84.1 Å². The van der Waals surface area contributed by atoms with Crippen LogP contribution in [-0.2, 0) is 36.8 Å². The second kappa shape index (κ2) is 17.0. The van der Waals surface area contributed by atoms with Gasteiger partial charge in [-0.2, -0.15) is 0 Å². The molecule has 0 radical (unpaired) electrons. The zero-order valence-corrected chi connectivity index (χ0v) is 25.5. The van der Waals surface area contributed by atoms with Crippen LogP contribution in [0.5, 0.6) is 0 Å². The fraction of sp³-hybridized carbons (Fsp3) is 0.469. The molecule has 2 aromatic rings. The molecule has 0 aromatic heterocycles. The lowest BCUT2D eigenvalue weighted by atomic mass is 9.95. The monoisotopic (exact) mass is 595 g/mol. The summed E-state index contributed by atoms with van der Waals surface area (Å²) >= 11 is 0. The van der Waals surface area contributed by atoms with Crippen molar-refractivity contribution in [1.82, 2.24) is 21.3 Å². The molecule has 11 heteroatoms. The molecule has 43 heavy (non-hydrogen) atoms. The van der Waals surface area contributed by atoms with E-state index in [0.29, 0.717) is 12.8 Å². The number of carbonyl (C=O) groups excluding carboxylic acids is 4. The van der Waals surface area contributed by atoms with Crippen LogP contribution in [0.1, 0.15) is 52.2 Å². The highest BCUT2D eigenvalue weighted by Crippen LogP contribution is 2.12. The van der Waals surface area contributed by atoms with Crippen LogP contribution in [0, 0.1) is 11.8 Å². The second-order valence-electron chi connectivity index (χ2n) is 11.2. The second-order valence-corrected chi connectivity index (χ2v) is 11.2. The molecule has 0 heterocycles. The van der Waals surface area contributed by atoms with Gasteiger partial charge in [0.25, 0.3) is 0 Å². The summed E-state index contributed by atoms with van der Waals surface area (Å²) in [6.45, 7) is 8.53. The minimum absolute atomic E-state index is 0.107. The number of hydrogen-bond acceptors (Lipinski definition) is 6. The van der Waals surface area contributed by atoms with Crippen LogP contribution in [0.15, 0.2) is 60.7 Å². The van der Waals surface area contributed by atoms with E-state index in [1.54, 1.807) is 45.0 Å². The molecular formula is C32H45N5O6. The molecule has 0 saturated heterocycles. The number of carbonyl (C=O) groups is 5. The highest BCUT2D eigenvalue weighted by Gasteiger charge is 2.34. The average molecular weight is 596 g/mol. The standard InChI is InChI=1S/C32H45N5O6/c1-6-20(4)27(31(41)35-25(18-23-15-11-8-12-16-23)29(39)34-21(5)32(42)43)37-30(40)26(19(2)3)36-28(38)24(33)17-22-13-9-7-10-14-22/h7-16,19-21,24-27H,6,17-18,33H2,1-5H3,(H,34,39)(H,35,41)(H,36,38)(H,37,40)(H,42,43)/t20-,21-,24-,25-,26-,27-/m0/s1. The molecule has 4 amide bonds. The number of hydrogen-bond donors (Lipinski definition) is 6. The van der Waals surface area contributed by atoms with Gasteiger partial charge in [0, 0.05) is 6.42 Å². The number of nitrogens with one attached hydrogen (secondary N) is 4. The zero-order valence-electron chi connectivity index (χ0n) is 25.5. The number of amides is 4. The van der Waals surface area contributed by atoms with Crippen molar-refractivity contribution in [3.05, 3.63) is 71.8 Å². The van der Waals surface area contributed by atoms with Crippen LogP contribution >= 0.6 is 0 Å². The molecule has 0 fully saturated rings. The van der Waals surface area contributed by atoms with Gasteiger partial charge in [-0.05, 0) is 36.3 Å². The molecule has 6 atom stereocenters. The summed E-state index contributed by atoms with van der Waals surface area (Å²) in [5.74, 6) is -4.17. The lowest BCUT2D eigenvalue weighted by Gasteiger charge is -2.30. The maximum atomic E-state index is 13.6. The number of nitrogens with two attached hydrogens (primary N) is 1. The van der Waals surface area contributed by atoms with Crippen LogP contribution in [-0.4, -0.2) is 64.9 Å². The molecular weight excluding hydrogens is 550 g/mol. The van der Waals surface area contributed by atoms with Crippen molar-refractivity contribution in [3.8, 4) is 0 Å². The van der Waals surface area contributed by atoms with E-state index in [4.69, 9.17) is 5.73 Å². The van der Waals surface area contributed by atoms with Crippen molar-refractivity contribution in [1.29, 1.82) is 0 Å². The number of rotatable bonds is 16. The van der Waals surface area contributed by atoms with Crippen molar-refractivity contribution in [2.24, 2.45) is 17.6 Å². The summed E-state index contributed by atoms with van der Waals surface area (Å²) in [5, 5.41) is 19.9. The molecule has 2 rings (SSSR count). The molecule has 7 N–H and O–H groups in total. The summed E-state index contributed by atoms with van der Waals surface area (Å²) in [4.78, 5) is 64.4. The predicted octanol–water partition coefficient (Wildman–Crippen LogP) is 1.54. The Kier molecular flexibility index (Phi) is 13.8. The van der Waals surface area contributed by atoms with Gasteiger partial charge in [-0.3, -0.25) is 24.0 Å². The van der Waals surface area contributed by atoms with Crippen LogP contribution in [0.4, 0.5) is 0 Å². The predicted molar refractivity (Wildman–Crippen MR) is 164 cm³/mol. The van der Waals surface area contributed by atoms with Gasteiger partial charge >= 0.3 is 5.97 Å². The third-order valence-electron chi connectivity index (χ3n) is 7.32. The van der Waals surface area contributed by atoms with Gasteiger partial charge in [0.2, 0.25) is 23.6 Å². The molecule has 0 aliphatic heterocycles. The molecule has 2 aromatic carbocycles. The van der Waals surface area contributed by atoms with Gasteiger partial charge in [0.15, 0.2) is 0 Å². The van der Waals surface area contributed by atoms with Crippen LogP contribution < -0.4 is 27.0 Å². The Labute approximate surface area is 253 Å². The van der Waals surface area contributed by atoms with Gasteiger partial charge in [-0.25, -0.2) is 0 Å². The number of aliphatic carboxylic acids is 1. The number of carboxylic acid groups (broad SMARTS) is 1. The third-order valence-corrected chi connectivity index (χ3v) is 7.32. The summed E-state index contributed by atoms with van der Waals surface area (Å²) in [5.41, 5.74) is 7.77. The first-order valence-corrected chi connectivity index (χ1v) is 14.6. The van der Waals surface area contributed by atoms with E-state index < -0.39 is 59.8 Å². The molecule has 234 valence electrons. The van der Waals surface area contributed by atoms with E-state index in [0.717, 1.165) is 11.1 Å². The summed E-state index contributed by atoms with van der Waals surface area (Å²) < 4.78 is 0. The van der Waals surface area contributed by atoms with Gasteiger partial charge in [-0.15, -0.1) is 0 Å². The topological polar surface area (TPSA) is 180 Å². The van der Waals surface area contributed by atoms with E-state index in [1.165, 1.54) is 6.92 Å². The Morgan fingerprint density at radius 2 is 1.16 bits per heavy atom. The largest absolute Gasteiger partial charge is 0.480 e. The van der Waals surface area contributed by atoms with Crippen molar-refractivity contribution in [3.63, 3.8) is 0 Å². The SMILES string of the molecule is CC[C@H](C)[C@H](NC(=O)[C@@H](NC(=O)[C@@H](N)Cc1ccccc1)C(C)C)C(=O)N[C@@H](Cc1ccccc1)C(=O)N[C@@H](C)C(=O)O. The quantitative estimate of drug-likeness (QED) is 0.170. The zero-order chi connectivity index (χ0) is 32.1. The third kappa shape index (κ3) is 11.2. The molecule has 0 saturated carbocycles. The summed E-state index contributed by atoms with van der Waals surface area (Å²) in [6, 6.07) is 13.1. The van der Waals surface area contributed by atoms with Gasteiger partial charge < -0.3 is 32.1 Å². The fourth-order valence-corrected chi connectivity index (χ4v) is 4.40. The molecule has 0 unspecified atom stereocenters. The first-order valence-electron chi connectivity index (χ1n) is 14.6.